The van der Waals surface area contributed by atoms with Gasteiger partial charge in [0.25, 0.3) is 0 Å². The molecule has 3 heteroatoms. The predicted molar refractivity (Wildman–Crippen MR) is 74.9 cm³/mol. The molecule has 100 valence electrons. The number of hydrogen-bond acceptors (Lipinski definition) is 3. The lowest BCUT2D eigenvalue weighted by atomic mass is 10.0. The van der Waals surface area contributed by atoms with Crippen molar-refractivity contribution in [2.24, 2.45) is 0 Å². The number of carbonyl (C=O) groups is 1. The molecule has 0 fully saturated rings. The van der Waals surface area contributed by atoms with Crippen LogP contribution in [0, 0.1) is 11.3 Å². The summed E-state index contributed by atoms with van der Waals surface area (Å²) in [5.74, 6) is -0.000969. The Bertz CT molecular complexity index is 502. The van der Waals surface area contributed by atoms with E-state index in [1.807, 2.05) is 18.0 Å². The molecule has 1 aromatic carbocycles. The Kier molecular flexibility index (Phi) is 4.70. The van der Waals surface area contributed by atoms with Crippen LogP contribution >= 0.6 is 0 Å². The summed E-state index contributed by atoms with van der Waals surface area (Å²) in [5.41, 5.74) is 4.35. The molecule has 0 atom stereocenters. The van der Waals surface area contributed by atoms with Gasteiger partial charge in [0.2, 0.25) is 0 Å². The van der Waals surface area contributed by atoms with Gasteiger partial charge < -0.3 is 0 Å². The summed E-state index contributed by atoms with van der Waals surface area (Å²) in [5, 5.41) is 8.46. The molecule has 0 aromatic heterocycles. The average molecular weight is 256 g/mol. The van der Waals surface area contributed by atoms with Crippen LogP contribution in [0.4, 0.5) is 0 Å². The molecule has 0 aliphatic heterocycles. The number of likely N-dealkylation sites (N-methyl/N-ethyl adjacent to an activating group) is 1. The number of nitrogens with zero attached hydrogens (tertiary/aromatic N) is 2. The fourth-order valence-electron chi connectivity index (χ4n) is 2.62. The van der Waals surface area contributed by atoms with Crippen LogP contribution in [-0.2, 0) is 24.1 Å². The lowest BCUT2D eigenvalue weighted by Gasteiger charge is -2.15. The van der Waals surface area contributed by atoms with Gasteiger partial charge in [-0.2, -0.15) is 5.26 Å². The summed E-state index contributed by atoms with van der Waals surface area (Å²) in [6.45, 7) is 1.23. The monoisotopic (exact) mass is 256 g/mol. The minimum atomic E-state index is -0.000969. The molecule has 0 unspecified atom stereocenters. The van der Waals surface area contributed by atoms with Gasteiger partial charge in [0.15, 0.2) is 5.78 Å². The Hall–Kier alpha value is -1.66. The van der Waals surface area contributed by atoms with Gasteiger partial charge in [-0.25, -0.2) is 0 Å². The van der Waals surface area contributed by atoms with E-state index in [9.17, 15) is 4.79 Å². The molecule has 2 rings (SSSR count). The summed E-state index contributed by atoms with van der Waals surface area (Å²) >= 11 is 0. The van der Waals surface area contributed by atoms with Gasteiger partial charge in [-0.3, -0.25) is 9.69 Å². The van der Waals surface area contributed by atoms with E-state index in [1.54, 1.807) is 0 Å². The van der Waals surface area contributed by atoms with Crippen LogP contribution in [0.1, 0.15) is 29.5 Å². The van der Waals surface area contributed by atoms with Crippen LogP contribution < -0.4 is 0 Å². The van der Waals surface area contributed by atoms with Gasteiger partial charge in [-0.1, -0.05) is 18.2 Å². The summed E-state index contributed by atoms with van der Waals surface area (Å²) < 4.78 is 0. The standard InChI is InChI=1S/C16H20N2O/c1-18(12-16(19)7-9-17)10-8-13-5-6-14-3-2-4-15(14)11-13/h5-6,11H,2-4,7-8,10,12H2,1H3. The van der Waals surface area contributed by atoms with Crippen molar-refractivity contribution in [2.75, 3.05) is 20.1 Å². The molecule has 3 nitrogen and oxygen atoms in total. The number of fused-ring (bicyclic) bond motifs is 1. The third kappa shape index (κ3) is 3.90. The fourth-order valence-corrected chi connectivity index (χ4v) is 2.62. The Morgan fingerprint density at radius 1 is 1.37 bits per heavy atom. The highest BCUT2D eigenvalue weighted by Gasteiger charge is 2.11. The van der Waals surface area contributed by atoms with E-state index in [4.69, 9.17) is 5.26 Å². The molecular formula is C16H20N2O. The van der Waals surface area contributed by atoms with E-state index >= 15 is 0 Å². The second-order valence-electron chi connectivity index (χ2n) is 5.32. The number of Topliss-reactive ketones (excluding diaryl/α,β-unsaturated/α-hetero) is 1. The van der Waals surface area contributed by atoms with Crippen LogP contribution in [0.25, 0.3) is 0 Å². The van der Waals surface area contributed by atoms with Gasteiger partial charge in [-0.05, 0) is 49.4 Å². The highest BCUT2D eigenvalue weighted by atomic mass is 16.1. The Balaban J connectivity index is 1.82. The second-order valence-corrected chi connectivity index (χ2v) is 5.32. The molecule has 0 radical (unpaired) electrons. The first kappa shape index (κ1) is 13.8. The molecule has 1 aliphatic carbocycles. The largest absolute Gasteiger partial charge is 0.299 e. The first-order valence-electron chi connectivity index (χ1n) is 6.87. The highest BCUT2D eigenvalue weighted by Crippen LogP contribution is 2.22. The summed E-state index contributed by atoms with van der Waals surface area (Å²) in [6.07, 6.45) is 4.69. The number of nitriles is 1. The topological polar surface area (TPSA) is 44.1 Å². The van der Waals surface area contributed by atoms with Gasteiger partial charge >= 0.3 is 0 Å². The Labute approximate surface area is 114 Å². The normalized spacial score (nSPS) is 13.3. The van der Waals surface area contributed by atoms with Crippen LogP contribution in [0.5, 0.6) is 0 Å². The van der Waals surface area contributed by atoms with Crippen molar-refractivity contribution in [3.63, 3.8) is 0 Å². The number of hydrogen-bond donors (Lipinski definition) is 0. The fraction of sp³-hybridized carbons (Fsp3) is 0.500. The summed E-state index contributed by atoms with van der Waals surface area (Å²) in [4.78, 5) is 13.3. The second kappa shape index (κ2) is 6.49. The van der Waals surface area contributed by atoms with Gasteiger partial charge in [0.05, 0.1) is 19.0 Å². The number of rotatable bonds is 6. The third-order valence-corrected chi connectivity index (χ3v) is 3.67. The zero-order valence-corrected chi connectivity index (χ0v) is 11.5. The van der Waals surface area contributed by atoms with Gasteiger partial charge in [0.1, 0.15) is 0 Å². The SMILES string of the molecule is CN(CCc1ccc2c(c1)CCC2)CC(=O)CC#N. The molecule has 0 amide bonds. The zero-order valence-electron chi connectivity index (χ0n) is 11.5. The molecule has 0 bridgehead atoms. The van der Waals surface area contributed by atoms with Crippen LogP contribution in [0.3, 0.4) is 0 Å². The van der Waals surface area contributed by atoms with Crippen LogP contribution in [0.15, 0.2) is 18.2 Å². The lowest BCUT2D eigenvalue weighted by molar-refractivity contribution is -0.118. The van der Waals surface area contributed by atoms with E-state index < -0.39 is 0 Å². The zero-order chi connectivity index (χ0) is 13.7. The molecule has 0 saturated carbocycles. The predicted octanol–water partition coefficient (Wildman–Crippen LogP) is 2.13. The maximum Gasteiger partial charge on any atom is 0.160 e. The smallest absolute Gasteiger partial charge is 0.160 e. The molecule has 0 N–H and O–H groups in total. The average Bonchev–Trinajstić information content (AvgIpc) is 2.83. The summed E-state index contributed by atoms with van der Waals surface area (Å²) in [7, 11) is 1.93. The van der Waals surface area contributed by atoms with Crippen LogP contribution in [-0.4, -0.2) is 30.8 Å². The molecule has 0 spiro atoms. The van der Waals surface area contributed by atoms with Crippen molar-refractivity contribution in [3.8, 4) is 6.07 Å². The maximum atomic E-state index is 11.4. The van der Waals surface area contributed by atoms with E-state index in [0.717, 1.165) is 13.0 Å². The first-order valence-corrected chi connectivity index (χ1v) is 6.87. The quantitative estimate of drug-likeness (QED) is 0.783. The minimum Gasteiger partial charge on any atom is -0.299 e. The van der Waals surface area contributed by atoms with Crippen molar-refractivity contribution >= 4 is 5.78 Å². The molecule has 1 aliphatic rings. The van der Waals surface area contributed by atoms with E-state index in [0.29, 0.717) is 6.54 Å². The molecular weight excluding hydrogens is 236 g/mol. The highest BCUT2D eigenvalue weighted by molar-refractivity contribution is 5.82. The van der Waals surface area contributed by atoms with Crippen molar-refractivity contribution in [1.82, 2.24) is 4.90 Å². The van der Waals surface area contributed by atoms with Gasteiger partial charge in [0, 0.05) is 6.54 Å². The maximum absolute atomic E-state index is 11.4. The number of aryl methyl sites for hydroxylation is 2. The molecule has 0 heterocycles. The van der Waals surface area contributed by atoms with E-state index in [1.165, 1.54) is 36.0 Å². The molecule has 1 aromatic rings. The minimum absolute atomic E-state index is 0.000969. The molecule has 19 heavy (non-hydrogen) atoms. The lowest BCUT2D eigenvalue weighted by Crippen LogP contribution is -2.27. The number of benzene rings is 1. The van der Waals surface area contributed by atoms with Crippen LogP contribution in [0.2, 0.25) is 0 Å². The van der Waals surface area contributed by atoms with Gasteiger partial charge in [-0.15, -0.1) is 0 Å². The third-order valence-electron chi connectivity index (χ3n) is 3.67. The van der Waals surface area contributed by atoms with E-state index in [-0.39, 0.29) is 12.2 Å². The van der Waals surface area contributed by atoms with Crippen molar-refractivity contribution in [1.29, 1.82) is 5.26 Å². The Morgan fingerprint density at radius 2 is 2.16 bits per heavy atom. The number of ketones is 1. The molecule has 0 saturated heterocycles. The van der Waals surface area contributed by atoms with E-state index in [2.05, 4.69) is 18.2 Å². The van der Waals surface area contributed by atoms with Crippen molar-refractivity contribution in [2.45, 2.75) is 32.1 Å². The summed E-state index contributed by atoms with van der Waals surface area (Å²) in [6, 6.07) is 8.66. The van der Waals surface area contributed by atoms with Crippen molar-refractivity contribution < 1.29 is 4.79 Å². The first-order chi connectivity index (χ1) is 9.19. The number of carbonyl (C=O) groups excluding carboxylic acids is 1. The Morgan fingerprint density at radius 3 is 2.95 bits per heavy atom. The van der Waals surface area contributed by atoms with Crippen molar-refractivity contribution in [3.05, 3.63) is 34.9 Å².